The highest BCUT2D eigenvalue weighted by Crippen LogP contribution is 2.23. The van der Waals surface area contributed by atoms with Gasteiger partial charge in [0, 0.05) is 6.42 Å². The van der Waals surface area contributed by atoms with Crippen molar-refractivity contribution in [2.45, 2.75) is 90.9 Å². The summed E-state index contributed by atoms with van der Waals surface area (Å²) in [7, 11) is 0. The van der Waals surface area contributed by atoms with Crippen molar-refractivity contribution in [2.75, 3.05) is 0 Å². The average molecular weight is 256 g/mol. The lowest BCUT2D eigenvalue weighted by Gasteiger charge is -2.16. The van der Waals surface area contributed by atoms with Crippen LogP contribution in [0.1, 0.15) is 90.9 Å². The maximum Gasteiger partial charge on any atom is 0.303 e. The molecule has 0 bridgehead atoms. The van der Waals surface area contributed by atoms with Crippen LogP contribution in [0.5, 0.6) is 0 Å². The third kappa shape index (κ3) is 11.9. The molecule has 0 aromatic rings. The van der Waals surface area contributed by atoms with Gasteiger partial charge >= 0.3 is 5.97 Å². The predicted octanol–water partition coefficient (Wildman–Crippen LogP) is 5.41. The lowest BCUT2D eigenvalue weighted by atomic mass is 9.90. The van der Waals surface area contributed by atoms with Crippen LogP contribution in [0.4, 0.5) is 0 Å². The first kappa shape index (κ1) is 17.5. The molecule has 0 aromatic carbocycles. The van der Waals surface area contributed by atoms with Gasteiger partial charge in [-0.05, 0) is 12.3 Å². The van der Waals surface area contributed by atoms with Gasteiger partial charge in [0.2, 0.25) is 0 Å². The van der Waals surface area contributed by atoms with Crippen LogP contribution in [0.3, 0.4) is 0 Å². The van der Waals surface area contributed by atoms with Gasteiger partial charge in [0.25, 0.3) is 0 Å². The normalized spacial score (nSPS) is 11.1. The standard InChI is InChI=1S/C16H32O2/c1-3-5-7-11-15(12-8-6-4-2)13-9-10-14-16(17)18/h15H,3-14H2,1-2H3,(H,17,18). The molecular formula is C16H32O2. The molecule has 0 heterocycles. The van der Waals surface area contributed by atoms with Crippen molar-refractivity contribution in [1.29, 1.82) is 0 Å². The summed E-state index contributed by atoms with van der Waals surface area (Å²) >= 11 is 0. The molecule has 0 spiro atoms. The fourth-order valence-electron chi connectivity index (χ4n) is 2.51. The summed E-state index contributed by atoms with van der Waals surface area (Å²) in [5.74, 6) is 0.195. The van der Waals surface area contributed by atoms with Gasteiger partial charge in [-0.15, -0.1) is 0 Å². The zero-order valence-corrected chi connectivity index (χ0v) is 12.4. The van der Waals surface area contributed by atoms with Crippen molar-refractivity contribution in [3.63, 3.8) is 0 Å². The molecule has 0 atom stereocenters. The number of carboxylic acid groups (broad SMARTS) is 1. The molecule has 0 unspecified atom stereocenters. The minimum absolute atomic E-state index is 0.344. The summed E-state index contributed by atoms with van der Waals surface area (Å²) in [5.41, 5.74) is 0. The van der Waals surface area contributed by atoms with E-state index in [2.05, 4.69) is 13.8 Å². The number of hydrogen-bond donors (Lipinski definition) is 1. The van der Waals surface area contributed by atoms with Crippen LogP contribution in [0.15, 0.2) is 0 Å². The molecule has 2 nitrogen and oxygen atoms in total. The molecule has 0 saturated carbocycles. The average Bonchev–Trinajstić information content (AvgIpc) is 2.34. The Morgan fingerprint density at radius 2 is 1.28 bits per heavy atom. The Labute approximate surface area is 113 Å². The zero-order valence-electron chi connectivity index (χ0n) is 12.4. The van der Waals surface area contributed by atoms with Crippen LogP contribution in [0, 0.1) is 5.92 Å². The van der Waals surface area contributed by atoms with Crippen molar-refractivity contribution in [2.24, 2.45) is 5.92 Å². The van der Waals surface area contributed by atoms with Crippen molar-refractivity contribution in [1.82, 2.24) is 0 Å². The Morgan fingerprint density at radius 3 is 1.67 bits per heavy atom. The molecule has 0 aliphatic carbocycles. The van der Waals surface area contributed by atoms with Crippen LogP contribution in [-0.2, 0) is 4.79 Å². The molecule has 2 heteroatoms. The third-order valence-electron chi connectivity index (χ3n) is 3.68. The van der Waals surface area contributed by atoms with Gasteiger partial charge in [0.05, 0.1) is 0 Å². The number of hydrogen-bond acceptors (Lipinski definition) is 1. The predicted molar refractivity (Wildman–Crippen MR) is 77.9 cm³/mol. The Morgan fingerprint density at radius 1 is 0.833 bits per heavy atom. The molecule has 18 heavy (non-hydrogen) atoms. The number of unbranched alkanes of at least 4 members (excludes halogenated alkanes) is 5. The zero-order chi connectivity index (χ0) is 13.6. The highest BCUT2D eigenvalue weighted by molar-refractivity contribution is 5.66. The molecule has 0 amide bonds. The number of rotatable bonds is 13. The summed E-state index contributed by atoms with van der Waals surface area (Å²) in [6, 6.07) is 0. The Kier molecular flexibility index (Phi) is 12.5. The van der Waals surface area contributed by atoms with E-state index in [4.69, 9.17) is 5.11 Å². The molecule has 0 rings (SSSR count). The molecule has 0 aliphatic rings. The van der Waals surface area contributed by atoms with E-state index in [1.165, 1.54) is 57.8 Å². The lowest BCUT2D eigenvalue weighted by Crippen LogP contribution is -2.02. The van der Waals surface area contributed by atoms with E-state index in [9.17, 15) is 4.79 Å². The summed E-state index contributed by atoms with van der Waals surface area (Å²) in [6.07, 6.45) is 14.2. The first-order chi connectivity index (χ1) is 8.70. The topological polar surface area (TPSA) is 37.3 Å². The van der Waals surface area contributed by atoms with Gasteiger partial charge in [-0.1, -0.05) is 78.1 Å². The van der Waals surface area contributed by atoms with Crippen molar-refractivity contribution in [3.05, 3.63) is 0 Å². The van der Waals surface area contributed by atoms with Crippen LogP contribution in [-0.4, -0.2) is 11.1 Å². The number of aliphatic carboxylic acids is 1. The molecule has 0 fully saturated rings. The van der Waals surface area contributed by atoms with Gasteiger partial charge in [-0.25, -0.2) is 0 Å². The lowest BCUT2D eigenvalue weighted by molar-refractivity contribution is -0.137. The molecule has 0 aliphatic heterocycles. The minimum atomic E-state index is -0.650. The van der Waals surface area contributed by atoms with E-state index in [0.717, 1.165) is 18.8 Å². The summed E-state index contributed by atoms with van der Waals surface area (Å²) in [5, 5.41) is 8.63. The molecule has 108 valence electrons. The quantitative estimate of drug-likeness (QED) is 0.447. The van der Waals surface area contributed by atoms with E-state index >= 15 is 0 Å². The highest BCUT2D eigenvalue weighted by Gasteiger charge is 2.08. The van der Waals surface area contributed by atoms with Gasteiger partial charge < -0.3 is 5.11 Å². The van der Waals surface area contributed by atoms with Gasteiger partial charge in [-0.2, -0.15) is 0 Å². The summed E-state index contributed by atoms with van der Waals surface area (Å²) in [4.78, 5) is 10.5. The van der Waals surface area contributed by atoms with Gasteiger partial charge in [0.15, 0.2) is 0 Å². The van der Waals surface area contributed by atoms with Crippen molar-refractivity contribution in [3.8, 4) is 0 Å². The molecular weight excluding hydrogens is 224 g/mol. The Bertz CT molecular complexity index is 180. The molecule has 1 N–H and O–H groups in total. The Balaban J connectivity index is 3.69. The third-order valence-corrected chi connectivity index (χ3v) is 3.68. The summed E-state index contributed by atoms with van der Waals surface area (Å²) in [6.45, 7) is 4.50. The molecule has 0 radical (unpaired) electrons. The van der Waals surface area contributed by atoms with E-state index < -0.39 is 5.97 Å². The van der Waals surface area contributed by atoms with Crippen LogP contribution in [0.25, 0.3) is 0 Å². The molecule has 0 saturated heterocycles. The van der Waals surface area contributed by atoms with Crippen LogP contribution in [0.2, 0.25) is 0 Å². The van der Waals surface area contributed by atoms with Crippen LogP contribution < -0.4 is 0 Å². The van der Waals surface area contributed by atoms with Gasteiger partial charge in [-0.3, -0.25) is 4.79 Å². The number of carbonyl (C=O) groups is 1. The largest absolute Gasteiger partial charge is 0.481 e. The second-order valence-electron chi connectivity index (χ2n) is 5.50. The van der Waals surface area contributed by atoms with Crippen LogP contribution >= 0.6 is 0 Å². The second kappa shape index (κ2) is 12.9. The number of carboxylic acids is 1. The highest BCUT2D eigenvalue weighted by atomic mass is 16.4. The first-order valence-electron chi connectivity index (χ1n) is 7.92. The van der Waals surface area contributed by atoms with Crippen molar-refractivity contribution < 1.29 is 9.90 Å². The first-order valence-corrected chi connectivity index (χ1v) is 7.92. The summed E-state index contributed by atoms with van der Waals surface area (Å²) < 4.78 is 0. The van der Waals surface area contributed by atoms with E-state index in [1.807, 2.05) is 0 Å². The smallest absolute Gasteiger partial charge is 0.303 e. The van der Waals surface area contributed by atoms with E-state index in [0.29, 0.717) is 6.42 Å². The Hall–Kier alpha value is -0.530. The van der Waals surface area contributed by atoms with E-state index in [1.54, 1.807) is 0 Å². The van der Waals surface area contributed by atoms with Crippen molar-refractivity contribution >= 4 is 5.97 Å². The monoisotopic (exact) mass is 256 g/mol. The SMILES string of the molecule is CCCCCC(CCCCC)CCCCC(=O)O. The molecule has 0 aromatic heterocycles. The minimum Gasteiger partial charge on any atom is -0.481 e. The van der Waals surface area contributed by atoms with E-state index in [-0.39, 0.29) is 0 Å². The maximum atomic E-state index is 10.5. The fraction of sp³-hybridized carbons (Fsp3) is 0.938. The van der Waals surface area contributed by atoms with Gasteiger partial charge in [0.1, 0.15) is 0 Å². The fourth-order valence-corrected chi connectivity index (χ4v) is 2.51. The second-order valence-corrected chi connectivity index (χ2v) is 5.50. The maximum absolute atomic E-state index is 10.5.